The van der Waals surface area contributed by atoms with Gasteiger partial charge in [-0.2, -0.15) is 10.4 Å². The van der Waals surface area contributed by atoms with Gasteiger partial charge < -0.3 is 0 Å². The number of fused-ring (bicyclic) bond motifs is 1. The predicted octanol–water partition coefficient (Wildman–Crippen LogP) is 3.13. The molecule has 0 aliphatic heterocycles. The van der Waals surface area contributed by atoms with E-state index in [4.69, 9.17) is 5.26 Å². The van der Waals surface area contributed by atoms with E-state index in [-0.39, 0.29) is 12.5 Å². The molecule has 0 spiro atoms. The largest absolute Gasteiger partial charge is 0.295 e. The first-order valence-electron chi connectivity index (χ1n) is 7.14. The van der Waals surface area contributed by atoms with E-state index in [9.17, 15) is 4.79 Å². The molecule has 3 rings (SSSR count). The van der Waals surface area contributed by atoms with Crippen LogP contribution in [0.1, 0.15) is 5.69 Å². The second kappa shape index (κ2) is 6.58. The Morgan fingerprint density at radius 2 is 1.91 bits per heavy atom. The summed E-state index contributed by atoms with van der Waals surface area (Å²) >= 11 is 0. The lowest BCUT2D eigenvalue weighted by Gasteiger charge is -2.17. The van der Waals surface area contributed by atoms with Gasteiger partial charge in [0.05, 0.1) is 17.3 Å². The zero-order valence-corrected chi connectivity index (χ0v) is 12.3. The molecule has 0 fully saturated rings. The number of carbonyl (C=O) groups is 1. The Kier molecular flexibility index (Phi) is 4.16. The van der Waals surface area contributed by atoms with Crippen LogP contribution in [0.3, 0.4) is 0 Å². The molecule has 1 heterocycles. The van der Waals surface area contributed by atoms with Crippen LogP contribution in [0, 0.1) is 11.3 Å². The fraction of sp³-hybridized carbons (Fsp3) is 0.0556. The molecule has 0 atom stereocenters. The van der Waals surface area contributed by atoms with Gasteiger partial charge in [0.25, 0.3) is 5.91 Å². The number of nitrogens with zero attached hydrogens (tertiary/aromatic N) is 3. The number of rotatable bonds is 4. The van der Waals surface area contributed by atoms with Crippen LogP contribution < -0.4 is 4.90 Å². The molecule has 1 amide bonds. The summed E-state index contributed by atoms with van der Waals surface area (Å²) in [5, 5.41) is 17.0. The molecule has 0 aliphatic rings. The number of hydrogen-bond donors (Lipinski definition) is 1. The maximum atomic E-state index is 12.4. The number of nitrogens with one attached hydrogen (secondary N) is 1. The number of aromatic amines is 1. The number of carbonyl (C=O) groups excluding carboxylic acids is 1. The fourth-order valence-electron chi connectivity index (χ4n) is 2.33. The maximum absolute atomic E-state index is 12.4. The molecular weight excluding hydrogens is 288 g/mol. The summed E-state index contributed by atoms with van der Waals surface area (Å²) in [6, 6.07) is 18.8. The SMILES string of the molecule is N#CCN(C(=O)/C=C/c1n[nH]c2ccccc12)c1ccccc1. The highest BCUT2D eigenvalue weighted by Crippen LogP contribution is 2.17. The molecule has 0 saturated carbocycles. The number of hydrogen-bond acceptors (Lipinski definition) is 3. The minimum Gasteiger partial charge on any atom is -0.295 e. The van der Waals surface area contributed by atoms with Crippen LogP contribution in [-0.4, -0.2) is 22.6 Å². The molecule has 0 bridgehead atoms. The highest BCUT2D eigenvalue weighted by atomic mass is 16.2. The number of benzene rings is 2. The normalized spacial score (nSPS) is 10.7. The van der Waals surface area contributed by atoms with Crippen LogP contribution >= 0.6 is 0 Å². The predicted molar refractivity (Wildman–Crippen MR) is 89.5 cm³/mol. The highest BCUT2D eigenvalue weighted by molar-refractivity contribution is 6.05. The minimum atomic E-state index is -0.259. The van der Waals surface area contributed by atoms with Crippen molar-refractivity contribution in [3.05, 3.63) is 66.4 Å². The van der Waals surface area contributed by atoms with Gasteiger partial charge in [0.1, 0.15) is 6.54 Å². The monoisotopic (exact) mass is 302 g/mol. The van der Waals surface area contributed by atoms with Gasteiger partial charge in [-0.25, -0.2) is 0 Å². The van der Waals surface area contributed by atoms with E-state index in [1.165, 1.54) is 11.0 Å². The molecule has 3 aromatic rings. The van der Waals surface area contributed by atoms with Gasteiger partial charge in [-0.15, -0.1) is 0 Å². The van der Waals surface area contributed by atoms with Gasteiger partial charge >= 0.3 is 0 Å². The van der Waals surface area contributed by atoms with E-state index < -0.39 is 0 Å². The van der Waals surface area contributed by atoms with Crippen molar-refractivity contribution in [1.29, 1.82) is 5.26 Å². The smallest absolute Gasteiger partial charge is 0.251 e. The molecule has 1 N–H and O–H groups in total. The summed E-state index contributed by atoms with van der Waals surface area (Å²) in [6.45, 7) is -0.00546. The van der Waals surface area contributed by atoms with E-state index in [0.717, 1.165) is 10.9 Å². The molecule has 5 nitrogen and oxygen atoms in total. The molecule has 0 aliphatic carbocycles. The molecule has 5 heteroatoms. The van der Waals surface area contributed by atoms with Crippen molar-refractivity contribution in [1.82, 2.24) is 10.2 Å². The molecule has 112 valence electrons. The van der Waals surface area contributed by atoms with Gasteiger partial charge in [0, 0.05) is 17.1 Å². The topological polar surface area (TPSA) is 72.8 Å². The number of para-hydroxylation sites is 2. The third-order valence-corrected chi connectivity index (χ3v) is 3.45. The van der Waals surface area contributed by atoms with Crippen molar-refractivity contribution < 1.29 is 4.79 Å². The first-order valence-corrected chi connectivity index (χ1v) is 7.14. The van der Waals surface area contributed by atoms with Crippen molar-refractivity contribution in [3.8, 4) is 6.07 Å². The van der Waals surface area contributed by atoms with Gasteiger partial charge in [0.15, 0.2) is 0 Å². The highest BCUT2D eigenvalue weighted by Gasteiger charge is 2.12. The number of anilines is 1. The molecular formula is C18H14N4O. The van der Waals surface area contributed by atoms with Crippen LogP contribution in [-0.2, 0) is 4.79 Å². The van der Waals surface area contributed by atoms with E-state index >= 15 is 0 Å². The van der Waals surface area contributed by atoms with Gasteiger partial charge in [-0.3, -0.25) is 14.8 Å². The summed E-state index contributed by atoms with van der Waals surface area (Å²) < 4.78 is 0. The summed E-state index contributed by atoms with van der Waals surface area (Å²) in [6.07, 6.45) is 3.10. The Morgan fingerprint density at radius 3 is 2.70 bits per heavy atom. The molecule has 0 radical (unpaired) electrons. The average Bonchev–Trinajstić information content (AvgIpc) is 3.01. The Morgan fingerprint density at radius 1 is 1.17 bits per heavy atom. The fourth-order valence-corrected chi connectivity index (χ4v) is 2.33. The van der Waals surface area contributed by atoms with Crippen molar-refractivity contribution in [2.24, 2.45) is 0 Å². The van der Waals surface area contributed by atoms with Crippen LogP contribution in [0.5, 0.6) is 0 Å². The molecule has 0 unspecified atom stereocenters. The lowest BCUT2D eigenvalue weighted by molar-refractivity contribution is -0.114. The van der Waals surface area contributed by atoms with E-state index in [2.05, 4.69) is 10.2 Å². The summed E-state index contributed by atoms with van der Waals surface area (Å²) in [5.41, 5.74) is 2.30. The van der Waals surface area contributed by atoms with E-state index in [0.29, 0.717) is 11.4 Å². The number of amides is 1. The van der Waals surface area contributed by atoms with Crippen molar-refractivity contribution >= 4 is 28.6 Å². The van der Waals surface area contributed by atoms with Gasteiger partial charge in [-0.05, 0) is 24.3 Å². The van der Waals surface area contributed by atoms with E-state index in [1.807, 2.05) is 48.5 Å². The lowest BCUT2D eigenvalue weighted by atomic mass is 10.2. The Hall–Kier alpha value is -3.39. The zero-order valence-electron chi connectivity index (χ0n) is 12.3. The lowest BCUT2D eigenvalue weighted by Crippen LogP contribution is -2.29. The molecule has 23 heavy (non-hydrogen) atoms. The van der Waals surface area contributed by atoms with Crippen LogP contribution in [0.2, 0.25) is 0 Å². The number of nitriles is 1. The molecule has 1 aromatic heterocycles. The van der Waals surface area contributed by atoms with Crippen molar-refractivity contribution in [2.45, 2.75) is 0 Å². The maximum Gasteiger partial charge on any atom is 0.251 e. The Balaban J connectivity index is 1.86. The number of aromatic nitrogens is 2. The second-order valence-electron chi connectivity index (χ2n) is 4.91. The quantitative estimate of drug-likeness (QED) is 0.594. The first-order chi connectivity index (χ1) is 11.3. The van der Waals surface area contributed by atoms with Gasteiger partial charge in [0.2, 0.25) is 0 Å². The van der Waals surface area contributed by atoms with Crippen molar-refractivity contribution in [3.63, 3.8) is 0 Å². The Bertz CT molecular complexity index is 890. The third-order valence-electron chi connectivity index (χ3n) is 3.45. The van der Waals surface area contributed by atoms with Crippen LogP contribution in [0.25, 0.3) is 17.0 Å². The zero-order chi connectivity index (χ0) is 16.1. The Labute approximate surface area is 133 Å². The summed E-state index contributed by atoms with van der Waals surface area (Å²) in [5.74, 6) is -0.259. The van der Waals surface area contributed by atoms with Crippen molar-refractivity contribution in [2.75, 3.05) is 11.4 Å². The van der Waals surface area contributed by atoms with Gasteiger partial charge in [-0.1, -0.05) is 36.4 Å². The average molecular weight is 302 g/mol. The first kappa shape index (κ1) is 14.5. The summed E-state index contributed by atoms with van der Waals surface area (Å²) in [7, 11) is 0. The number of H-pyrrole nitrogens is 1. The van der Waals surface area contributed by atoms with Crippen LogP contribution in [0.15, 0.2) is 60.7 Å². The standard InChI is InChI=1S/C18H14N4O/c19-12-13-22(14-6-2-1-3-7-14)18(23)11-10-17-15-8-4-5-9-16(15)20-21-17/h1-11H,13H2,(H,20,21)/b11-10+. The third kappa shape index (κ3) is 3.11. The summed E-state index contributed by atoms with van der Waals surface area (Å²) in [4.78, 5) is 13.8. The minimum absolute atomic E-state index is 0.00546. The molecule has 0 saturated heterocycles. The van der Waals surface area contributed by atoms with Crippen LogP contribution in [0.4, 0.5) is 5.69 Å². The van der Waals surface area contributed by atoms with E-state index in [1.54, 1.807) is 18.2 Å². The molecule has 2 aromatic carbocycles. The second-order valence-corrected chi connectivity index (χ2v) is 4.91.